The van der Waals surface area contributed by atoms with Crippen LogP contribution in [0.4, 0.5) is 4.39 Å². The topological polar surface area (TPSA) is 55.5 Å². The normalized spacial score (nSPS) is 14.2. The lowest BCUT2D eigenvalue weighted by Crippen LogP contribution is -2.26. The zero-order valence-electron chi connectivity index (χ0n) is 11.7. The summed E-state index contributed by atoms with van der Waals surface area (Å²) < 4.78 is 19.0. The molecule has 0 aliphatic rings. The lowest BCUT2D eigenvalue weighted by atomic mass is 9.88. The van der Waals surface area contributed by atoms with Crippen LogP contribution in [0.3, 0.4) is 0 Å². The van der Waals surface area contributed by atoms with Crippen LogP contribution in [0.15, 0.2) is 18.2 Å². The van der Waals surface area contributed by atoms with Crippen molar-refractivity contribution >= 4 is 0 Å². The molecule has 0 aliphatic heterocycles. The molecule has 2 unspecified atom stereocenters. The van der Waals surface area contributed by atoms with E-state index in [2.05, 4.69) is 0 Å². The number of aliphatic hydroxyl groups is 1. The van der Waals surface area contributed by atoms with Gasteiger partial charge in [-0.25, -0.2) is 4.39 Å². The molecule has 0 amide bonds. The zero-order chi connectivity index (χ0) is 14.3. The molecule has 3 nitrogen and oxygen atoms in total. The van der Waals surface area contributed by atoms with E-state index in [1.807, 2.05) is 13.8 Å². The van der Waals surface area contributed by atoms with Crippen LogP contribution in [0.2, 0.25) is 0 Å². The molecule has 0 saturated heterocycles. The Kier molecular flexibility index (Phi) is 6.81. The standard InChI is InChI=1S/C15H24FNO2/c1-3-6-19-15-5-4-14(16)8-12(15)7-11(2)13(9-17)10-18/h4-5,8,11,13,18H,3,6-7,9-10,17H2,1-2H3. The summed E-state index contributed by atoms with van der Waals surface area (Å²) in [5.41, 5.74) is 6.46. The molecular formula is C15H24FNO2. The minimum absolute atomic E-state index is 0.0299. The number of nitrogens with two attached hydrogens (primary N) is 1. The van der Waals surface area contributed by atoms with E-state index in [1.54, 1.807) is 6.07 Å². The van der Waals surface area contributed by atoms with Gasteiger partial charge in [0.05, 0.1) is 6.61 Å². The van der Waals surface area contributed by atoms with Gasteiger partial charge in [-0.1, -0.05) is 13.8 Å². The van der Waals surface area contributed by atoms with Crippen LogP contribution in [0.5, 0.6) is 5.75 Å². The fourth-order valence-corrected chi connectivity index (χ4v) is 2.06. The molecule has 0 aromatic heterocycles. The first-order chi connectivity index (χ1) is 9.12. The smallest absolute Gasteiger partial charge is 0.123 e. The van der Waals surface area contributed by atoms with E-state index in [-0.39, 0.29) is 24.3 Å². The molecule has 1 rings (SSSR count). The number of aliphatic hydroxyl groups excluding tert-OH is 1. The molecule has 4 heteroatoms. The highest BCUT2D eigenvalue weighted by atomic mass is 19.1. The van der Waals surface area contributed by atoms with Crippen molar-refractivity contribution in [3.05, 3.63) is 29.6 Å². The summed E-state index contributed by atoms with van der Waals surface area (Å²) in [6, 6.07) is 4.58. The van der Waals surface area contributed by atoms with Gasteiger partial charge in [-0.3, -0.25) is 0 Å². The lowest BCUT2D eigenvalue weighted by molar-refractivity contribution is 0.186. The number of ether oxygens (including phenoxy) is 1. The third kappa shape index (κ3) is 4.80. The summed E-state index contributed by atoms with van der Waals surface area (Å²) in [6.45, 7) is 5.15. The number of halogens is 1. The van der Waals surface area contributed by atoms with E-state index >= 15 is 0 Å². The summed E-state index contributed by atoms with van der Waals surface area (Å²) >= 11 is 0. The van der Waals surface area contributed by atoms with Gasteiger partial charge in [0.25, 0.3) is 0 Å². The van der Waals surface area contributed by atoms with Gasteiger partial charge in [-0.15, -0.1) is 0 Å². The Balaban J connectivity index is 2.82. The second kappa shape index (κ2) is 8.12. The molecule has 2 atom stereocenters. The summed E-state index contributed by atoms with van der Waals surface area (Å²) in [6.07, 6.45) is 1.56. The Hall–Kier alpha value is -1.13. The molecule has 0 spiro atoms. The second-order valence-electron chi connectivity index (χ2n) is 4.96. The van der Waals surface area contributed by atoms with Gasteiger partial charge in [-0.2, -0.15) is 0 Å². The van der Waals surface area contributed by atoms with Gasteiger partial charge in [-0.05, 0) is 55.0 Å². The Bertz CT molecular complexity index is 380. The lowest BCUT2D eigenvalue weighted by Gasteiger charge is -2.21. The van der Waals surface area contributed by atoms with Gasteiger partial charge in [0.1, 0.15) is 11.6 Å². The summed E-state index contributed by atoms with van der Waals surface area (Å²) in [5.74, 6) is 0.672. The van der Waals surface area contributed by atoms with E-state index in [9.17, 15) is 9.50 Å². The summed E-state index contributed by atoms with van der Waals surface area (Å²) in [5, 5.41) is 9.25. The van der Waals surface area contributed by atoms with Crippen LogP contribution in [0, 0.1) is 17.7 Å². The monoisotopic (exact) mass is 269 g/mol. The molecule has 19 heavy (non-hydrogen) atoms. The summed E-state index contributed by atoms with van der Waals surface area (Å²) in [4.78, 5) is 0. The molecule has 0 saturated carbocycles. The maximum absolute atomic E-state index is 13.4. The Morgan fingerprint density at radius 2 is 2.16 bits per heavy atom. The fraction of sp³-hybridized carbons (Fsp3) is 0.600. The van der Waals surface area contributed by atoms with E-state index in [1.165, 1.54) is 12.1 Å². The third-order valence-electron chi connectivity index (χ3n) is 3.37. The SMILES string of the molecule is CCCOc1ccc(F)cc1CC(C)C(CN)CO. The minimum atomic E-state index is -0.264. The first-order valence-electron chi connectivity index (χ1n) is 6.84. The van der Waals surface area contributed by atoms with Crippen LogP contribution in [0.1, 0.15) is 25.8 Å². The van der Waals surface area contributed by atoms with Crippen molar-refractivity contribution in [3.63, 3.8) is 0 Å². The van der Waals surface area contributed by atoms with Gasteiger partial charge in [0, 0.05) is 6.61 Å². The van der Waals surface area contributed by atoms with Crippen molar-refractivity contribution in [1.29, 1.82) is 0 Å². The number of hydrogen-bond donors (Lipinski definition) is 2. The van der Waals surface area contributed by atoms with E-state index in [0.29, 0.717) is 19.6 Å². The van der Waals surface area contributed by atoms with E-state index < -0.39 is 0 Å². The van der Waals surface area contributed by atoms with Gasteiger partial charge in [0.2, 0.25) is 0 Å². The highest BCUT2D eigenvalue weighted by Crippen LogP contribution is 2.25. The van der Waals surface area contributed by atoms with Crippen molar-refractivity contribution in [1.82, 2.24) is 0 Å². The van der Waals surface area contributed by atoms with Crippen molar-refractivity contribution in [3.8, 4) is 5.75 Å². The Labute approximate surface area is 114 Å². The minimum Gasteiger partial charge on any atom is -0.493 e. The molecule has 0 heterocycles. The van der Waals surface area contributed by atoms with Crippen LogP contribution in [-0.4, -0.2) is 24.9 Å². The van der Waals surface area contributed by atoms with Crippen LogP contribution in [0.25, 0.3) is 0 Å². The van der Waals surface area contributed by atoms with E-state index in [0.717, 1.165) is 17.7 Å². The molecule has 1 aromatic carbocycles. The molecule has 0 aliphatic carbocycles. The molecular weight excluding hydrogens is 245 g/mol. The largest absolute Gasteiger partial charge is 0.493 e. The van der Waals surface area contributed by atoms with Crippen molar-refractivity contribution in [2.75, 3.05) is 19.8 Å². The van der Waals surface area contributed by atoms with Crippen LogP contribution >= 0.6 is 0 Å². The molecule has 1 aromatic rings. The van der Waals surface area contributed by atoms with Crippen molar-refractivity contribution < 1.29 is 14.2 Å². The zero-order valence-corrected chi connectivity index (χ0v) is 11.7. The number of rotatable bonds is 8. The van der Waals surface area contributed by atoms with Gasteiger partial charge < -0.3 is 15.6 Å². The average molecular weight is 269 g/mol. The highest BCUT2D eigenvalue weighted by molar-refractivity contribution is 5.34. The molecule has 3 N–H and O–H groups in total. The molecule has 0 radical (unpaired) electrons. The average Bonchev–Trinajstić information content (AvgIpc) is 2.39. The van der Waals surface area contributed by atoms with Crippen LogP contribution in [-0.2, 0) is 6.42 Å². The Morgan fingerprint density at radius 1 is 1.42 bits per heavy atom. The number of hydrogen-bond acceptors (Lipinski definition) is 3. The maximum Gasteiger partial charge on any atom is 0.123 e. The first kappa shape index (κ1) is 15.9. The third-order valence-corrected chi connectivity index (χ3v) is 3.37. The fourth-order valence-electron chi connectivity index (χ4n) is 2.06. The van der Waals surface area contributed by atoms with Crippen molar-refractivity contribution in [2.45, 2.75) is 26.7 Å². The molecule has 108 valence electrons. The van der Waals surface area contributed by atoms with Gasteiger partial charge in [0.15, 0.2) is 0 Å². The maximum atomic E-state index is 13.4. The van der Waals surface area contributed by atoms with Crippen molar-refractivity contribution in [2.24, 2.45) is 17.6 Å². The molecule has 0 fully saturated rings. The number of benzene rings is 1. The van der Waals surface area contributed by atoms with Gasteiger partial charge >= 0.3 is 0 Å². The molecule has 0 bridgehead atoms. The predicted molar refractivity (Wildman–Crippen MR) is 74.7 cm³/mol. The Morgan fingerprint density at radius 3 is 2.74 bits per heavy atom. The van der Waals surface area contributed by atoms with Crippen LogP contribution < -0.4 is 10.5 Å². The quantitative estimate of drug-likeness (QED) is 0.761. The second-order valence-corrected chi connectivity index (χ2v) is 4.96. The van der Waals surface area contributed by atoms with E-state index in [4.69, 9.17) is 10.5 Å². The predicted octanol–water partition coefficient (Wildman–Crippen LogP) is 2.36. The highest BCUT2D eigenvalue weighted by Gasteiger charge is 2.17. The summed E-state index contributed by atoms with van der Waals surface area (Å²) in [7, 11) is 0. The first-order valence-corrected chi connectivity index (χ1v) is 6.84.